The van der Waals surface area contributed by atoms with Crippen LogP contribution in [0.5, 0.6) is 5.75 Å². The Balaban J connectivity index is 2.81. The minimum atomic E-state index is 0.554. The zero-order valence-electron chi connectivity index (χ0n) is 7.92. The molecule has 0 saturated carbocycles. The predicted molar refractivity (Wildman–Crippen MR) is 50.5 cm³/mol. The maximum Gasteiger partial charge on any atom is 0.127 e. The Hall–Kier alpha value is -0.980. The van der Waals surface area contributed by atoms with E-state index in [2.05, 4.69) is 26.0 Å². The Morgan fingerprint density at radius 2 is 2.25 bits per heavy atom. The highest BCUT2D eigenvalue weighted by Gasteiger charge is 1.99. The molecule has 0 fully saturated rings. The largest absolute Gasteiger partial charge is 0.493 e. The average Bonchev–Trinajstić information content (AvgIpc) is 2.05. The van der Waals surface area contributed by atoms with Gasteiger partial charge in [-0.25, -0.2) is 0 Å². The highest BCUT2D eigenvalue weighted by Crippen LogP contribution is 2.19. The minimum absolute atomic E-state index is 0.554. The molecule has 0 aromatic heterocycles. The van der Waals surface area contributed by atoms with Gasteiger partial charge in [0.15, 0.2) is 0 Å². The van der Waals surface area contributed by atoms with Crippen molar-refractivity contribution in [3.05, 3.63) is 29.8 Å². The highest BCUT2D eigenvalue weighted by molar-refractivity contribution is 5.29. The van der Waals surface area contributed by atoms with E-state index in [9.17, 15) is 0 Å². The first-order chi connectivity index (χ1) is 5.74. The fraction of sp³-hybridized carbons (Fsp3) is 0.455. The summed E-state index contributed by atoms with van der Waals surface area (Å²) in [6, 6.07) is 9.09. The molecular formula is C11H15O. The zero-order chi connectivity index (χ0) is 8.97. The van der Waals surface area contributed by atoms with E-state index in [0.717, 1.165) is 5.75 Å². The first-order valence-corrected chi connectivity index (χ1v) is 4.38. The fourth-order valence-electron chi connectivity index (χ4n) is 1.06. The van der Waals surface area contributed by atoms with Crippen LogP contribution in [0.1, 0.15) is 32.3 Å². The van der Waals surface area contributed by atoms with E-state index in [1.54, 1.807) is 0 Å². The van der Waals surface area contributed by atoms with Crippen LogP contribution < -0.4 is 4.74 Å². The van der Waals surface area contributed by atoms with E-state index >= 15 is 0 Å². The van der Waals surface area contributed by atoms with Crippen LogP contribution in [0.15, 0.2) is 18.2 Å². The van der Waals surface area contributed by atoms with Crippen LogP contribution in [0.4, 0.5) is 0 Å². The third kappa shape index (κ3) is 2.26. The van der Waals surface area contributed by atoms with Crippen LogP contribution in [0, 0.1) is 6.07 Å². The van der Waals surface area contributed by atoms with Crippen molar-refractivity contribution in [3.8, 4) is 5.75 Å². The van der Waals surface area contributed by atoms with Gasteiger partial charge in [0.2, 0.25) is 0 Å². The van der Waals surface area contributed by atoms with Crippen molar-refractivity contribution >= 4 is 0 Å². The van der Waals surface area contributed by atoms with Crippen LogP contribution in [-0.4, -0.2) is 6.61 Å². The number of hydrogen-bond donors (Lipinski definition) is 0. The van der Waals surface area contributed by atoms with Gasteiger partial charge in [-0.15, -0.1) is 0 Å². The third-order valence-corrected chi connectivity index (χ3v) is 1.77. The summed E-state index contributed by atoms with van der Waals surface area (Å²) in [5.74, 6) is 1.41. The maximum atomic E-state index is 5.34. The predicted octanol–water partition coefficient (Wildman–Crippen LogP) is 3.01. The van der Waals surface area contributed by atoms with Gasteiger partial charge in [0.05, 0.1) is 6.61 Å². The first-order valence-electron chi connectivity index (χ1n) is 4.38. The standard InChI is InChI=1S/C11H15O/c1-4-12-11-7-5-6-10(8-11)9(2)3/h5-6,8-9H,4H2,1-3H3. The van der Waals surface area contributed by atoms with E-state index in [4.69, 9.17) is 4.74 Å². The van der Waals surface area contributed by atoms with E-state index in [-0.39, 0.29) is 0 Å². The van der Waals surface area contributed by atoms with Gasteiger partial charge in [0.1, 0.15) is 5.75 Å². The zero-order valence-corrected chi connectivity index (χ0v) is 7.92. The molecule has 1 aromatic rings. The molecule has 0 aliphatic carbocycles. The van der Waals surface area contributed by atoms with Gasteiger partial charge in [-0.05, 0) is 24.5 Å². The molecule has 0 amide bonds. The lowest BCUT2D eigenvalue weighted by Gasteiger charge is -2.07. The highest BCUT2D eigenvalue weighted by atomic mass is 16.5. The minimum Gasteiger partial charge on any atom is -0.493 e. The summed E-state index contributed by atoms with van der Waals surface area (Å²) < 4.78 is 5.34. The normalized spacial score (nSPS) is 10.3. The molecule has 0 aliphatic rings. The topological polar surface area (TPSA) is 9.23 Å². The molecule has 1 aromatic carbocycles. The second-order valence-electron chi connectivity index (χ2n) is 3.07. The second-order valence-corrected chi connectivity index (χ2v) is 3.07. The maximum absolute atomic E-state index is 5.34. The van der Waals surface area contributed by atoms with Crippen molar-refractivity contribution in [1.82, 2.24) is 0 Å². The molecule has 0 heterocycles. The molecule has 0 spiro atoms. The van der Waals surface area contributed by atoms with Gasteiger partial charge in [0.25, 0.3) is 0 Å². The molecule has 12 heavy (non-hydrogen) atoms. The lowest BCUT2D eigenvalue weighted by Crippen LogP contribution is -1.93. The number of ether oxygens (including phenoxy) is 1. The summed E-state index contributed by atoms with van der Waals surface area (Å²) in [5.41, 5.74) is 1.30. The molecular weight excluding hydrogens is 148 g/mol. The Bertz CT molecular complexity index is 241. The quantitative estimate of drug-likeness (QED) is 0.665. The van der Waals surface area contributed by atoms with Crippen LogP contribution in [0.2, 0.25) is 0 Å². The molecule has 0 saturated heterocycles. The van der Waals surface area contributed by atoms with Gasteiger partial charge in [-0.2, -0.15) is 0 Å². The Morgan fingerprint density at radius 3 is 2.83 bits per heavy atom. The second kappa shape index (κ2) is 4.15. The molecule has 65 valence electrons. The van der Waals surface area contributed by atoms with E-state index in [1.807, 2.05) is 19.1 Å². The van der Waals surface area contributed by atoms with Crippen molar-refractivity contribution in [2.24, 2.45) is 0 Å². The molecule has 0 unspecified atom stereocenters. The molecule has 1 rings (SSSR count). The van der Waals surface area contributed by atoms with Gasteiger partial charge in [-0.3, -0.25) is 0 Å². The van der Waals surface area contributed by atoms with Gasteiger partial charge in [-0.1, -0.05) is 26.0 Å². The monoisotopic (exact) mass is 163 g/mol. The molecule has 1 nitrogen and oxygen atoms in total. The Kier molecular flexibility index (Phi) is 3.15. The summed E-state index contributed by atoms with van der Waals surface area (Å²) in [4.78, 5) is 0. The van der Waals surface area contributed by atoms with Crippen molar-refractivity contribution in [1.29, 1.82) is 0 Å². The molecule has 1 heteroatoms. The van der Waals surface area contributed by atoms with Crippen LogP contribution in [-0.2, 0) is 0 Å². The van der Waals surface area contributed by atoms with Crippen molar-refractivity contribution < 1.29 is 4.74 Å². The average molecular weight is 163 g/mol. The lowest BCUT2D eigenvalue weighted by atomic mass is 10.0. The Labute approximate surface area is 74.4 Å². The number of benzene rings is 1. The summed E-state index contributed by atoms with van der Waals surface area (Å²) >= 11 is 0. The van der Waals surface area contributed by atoms with Gasteiger partial charge >= 0.3 is 0 Å². The Morgan fingerprint density at radius 1 is 1.50 bits per heavy atom. The summed E-state index contributed by atoms with van der Waals surface area (Å²) in [7, 11) is 0. The summed E-state index contributed by atoms with van der Waals surface area (Å²) in [6.07, 6.45) is 0. The number of hydrogen-bond acceptors (Lipinski definition) is 1. The first kappa shape index (κ1) is 9.11. The molecule has 1 radical (unpaired) electrons. The molecule has 0 bridgehead atoms. The third-order valence-electron chi connectivity index (χ3n) is 1.77. The van der Waals surface area contributed by atoms with E-state index in [1.165, 1.54) is 5.56 Å². The summed E-state index contributed by atoms with van der Waals surface area (Å²) in [6.45, 7) is 7.03. The van der Waals surface area contributed by atoms with Crippen LogP contribution in [0.25, 0.3) is 0 Å². The molecule has 0 N–H and O–H groups in total. The van der Waals surface area contributed by atoms with Crippen LogP contribution in [0.3, 0.4) is 0 Å². The van der Waals surface area contributed by atoms with E-state index in [0.29, 0.717) is 12.5 Å². The van der Waals surface area contributed by atoms with Crippen molar-refractivity contribution in [2.75, 3.05) is 6.61 Å². The van der Waals surface area contributed by atoms with Gasteiger partial charge in [0, 0.05) is 6.07 Å². The smallest absolute Gasteiger partial charge is 0.127 e. The van der Waals surface area contributed by atoms with Crippen LogP contribution >= 0.6 is 0 Å². The molecule has 0 aliphatic heterocycles. The van der Waals surface area contributed by atoms with Gasteiger partial charge < -0.3 is 4.74 Å². The summed E-state index contributed by atoms with van der Waals surface area (Å²) in [5, 5.41) is 0. The SMILES string of the molecule is CCOc1[c]ccc(C(C)C)c1. The van der Waals surface area contributed by atoms with Crippen molar-refractivity contribution in [2.45, 2.75) is 26.7 Å². The van der Waals surface area contributed by atoms with Crippen molar-refractivity contribution in [3.63, 3.8) is 0 Å². The molecule has 0 atom stereocenters. The fourth-order valence-corrected chi connectivity index (χ4v) is 1.06. The number of rotatable bonds is 3. The van der Waals surface area contributed by atoms with E-state index < -0.39 is 0 Å². The lowest BCUT2D eigenvalue weighted by molar-refractivity contribution is 0.339.